The molecule has 0 aliphatic heterocycles. The smallest absolute Gasteiger partial charge is 0.261 e. The average molecular weight is 552 g/mol. The molecule has 12 heteroatoms. The lowest BCUT2D eigenvalue weighted by molar-refractivity contribution is 0.0925. The number of nitrogens with zero attached hydrogens (tertiary/aromatic N) is 5. The zero-order valence-electron chi connectivity index (χ0n) is 20.3. The molecular weight excluding hydrogens is 529 g/mol. The molecule has 2 N–H and O–H groups in total. The molecule has 1 aliphatic rings. The number of carbonyl (C=O) groups excluding carboxylic acids is 1. The maximum atomic E-state index is 15.5. The Bertz CT molecular complexity index is 1620. The maximum absolute atomic E-state index is 15.5. The Kier molecular flexibility index (Phi) is 6.54. The minimum atomic E-state index is -0.482. The molecule has 0 radical (unpaired) electrons. The number of imidazole rings is 1. The quantitative estimate of drug-likeness (QED) is 0.282. The third-order valence-corrected chi connectivity index (χ3v) is 8.02. The number of ether oxygens (including phenoxy) is 1. The third kappa shape index (κ3) is 4.52. The van der Waals surface area contributed by atoms with Crippen LogP contribution in [0.1, 0.15) is 41.4 Å². The van der Waals surface area contributed by atoms with Gasteiger partial charge in [0.1, 0.15) is 23.4 Å². The lowest BCUT2D eigenvalue weighted by atomic mass is 9.90. The first-order valence-corrected chi connectivity index (χ1v) is 13.3. The molecule has 194 valence electrons. The van der Waals surface area contributed by atoms with Gasteiger partial charge < -0.3 is 14.6 Å². The number of carbonyl (C=O) groups is 1. The summed E-state index contributed by atoms with van der Waals surface area (Å²) in [5.74, 6) is 0.454. The van der Waals surface area contributed by atoms with E-state index < -0.39 is 5.82 Å². The van der Waals surface area contributed by atoms with Crippen LogP contribution in [0.3, 0.4) is 0 Å². The summed E-state index contributed by atoms with van der Waals surface area (Å²) in [6.07, 6.45) is 6.39. The summed E-state index contributed by atoms with van der Waals surface area (Å²) in [4.78, 5) is 26.9. The molecule has 2 atom stereocenters. The third-order valence-electron chi connectivity index (χ3n) is 6.79. The topological polar surface area (TPSA) is 111 Å². The van der Waals surface area contributed by atoms with Gasteiger partial charge in [-0.3, -0.25) is 14.9 Å². The van der Waals surface area contributed by atoms with Gasteiger partial charge in [-0.15, -0.1) is 11.3 Å². The summed E-state index contributed by atoms with van der Waals surface area (Å²) < 4.78 is 23.4. The van der Waals surface area contributed by atoms with Crippen LogP contribution in [-0.2, 0) is 0 Å². The lowest BCUT2D eigenvalue weighted by Crippen LogP contribution is -2.38. The molecule has 1 saturated carbocycles. The zero-order chi connectivity index (χ0) is 26.2. The van der Waals surface area contributed by atoms with E-state index in [0.29, 0.717) is 44.1 Å². The molecule has 1 amide bonds. The molecule has 38 heavy (non-hydrogen) atoms. The van der Waals surface area contributed by atoms with Crippen molar-refractivity contribution in [3.05, 3.63) is 64.0 Å². The second-order valence-electron chi connectivity index (χ2n) is 9.10. The Hall–Kier alpha value is -3.83. The minimum Gasteiger partial charge on any atom is -0.494 e. The first-order valence-electron chi connectivity index (χ1n) is 12.1. The van der Waals surface area contributed by atoms with Gasteiger partial charge in [0, 0.05) is 12.1 Å². The van der Waals surface area contributed by atoms with E-state index in [4.69, 9.17) is 21.3 Å². The van der Waals surface area contributed by atoms with Crippen molar-refractivity contribution in [2.45, 2.75) is 37.8 Å². The van der Waals surface area contributed by atoms with Crippen molar-refractivity contribution >= 4 is 39.9 Å². The van der Waals surface area contributed by atoms with Crippen molar-refractivity contribution in [2.75, 3.05) is 7.11 Å². The van der Waals surface area contributed by atoms with Crippen molar-refractivity contribution in [3.63, 3.8) is 0 Å². The number of hydrogen-bond donors (Lipinski definition) is 2. The molecule has 1 aromatic carbocycles. The van der Waals surface area contributed by atoms with Gasteiger partial charge >= 0.3 is 0 Å². The Morgan fingerprint density at radius 2 is 2.16 bits per heavy atom. The highest BCUT2D eigenvalue weighted by atomic mass is 35.5. The molecule has 0 spiro atoms. The predicted molar refractivity (Wildman–Crippen MR) is 143 cm³/mol. The van der Waals surface area contributed by atoms with Gasteiger partial charge in [-0.05, 0) is 56.0 Å². The average Bonchev–Trinajstić information content (AvgIpc) is 3.68. The number of halogens is 2. The van der Waals surface area contributed by atoms with Crippen LogP contribution in [0.4, 0.5) is 4.39 Å². The Balaban J connectivity index is 1.42. The molecule has 1 fully saturated rings. The highest BCUT2D eigenvalue weighted by Crippen LogP contribution is 2.38. The van der Waals surface area contributed by atoms with Crippen molar-refractivity contribution in [2.24, 2.45) is 0 Å². The molecule has 5 aromatic rings. The monoisotopic (exact) mass is 551 g/mol. The van der Waals surface area contributed by atoms with Gasteiger partial charge in [-0.2, -0.15) is 5.10 Å². The van der Waals surface area contributed by atoms with Crippen LogP contribution in [0.25, 0.3) is 33.9 Å². The number of H-pyrrole nitrogens is 1. The molecule has 9 nitrogen and oxygen atoms in total. The van der Waals surface area contributed by atoms with Gasteiger partial charge in [0.2, 0.25) is 0 Å². The van der Waals surface area contributed by atoms with Gasteiger partial charge in [-0.25, -0.2) is 14.4 Å². The number of aromatic nitrogens is 6. The van der Waals surface area contributed by atoms with Crippen LogP contribution >= 0.6 is 22.9 Å². The summed E-state index contributed by atoms with van der Waals surface area (Å²) in [7, 11) is 1.44. The zero-order valence-corrected chi connectivity index (χ0v) is 21.9. The van der Waals surface area contributed by atoms with Crippen LogP contribution in [0.15, 0.2) is 48.9 Å². The number of hydrogen-bond acceptors (Lipinski definition) is 7. The number of nitrogens with one attached hydrogen (secondary N) is 2. The van der Waals surface area contributed by atoms with Gasteiger partial charge in [-0.1, -0.05) is 17.7 Å². The Morgan fingerprint density at radius 1 is 1.26 bits per heavy atom. The second-order valence-corrected chi connectivity index (χ2v) is 10.8. The van der Waals surface area contributed by atoms with E-state index in [0.717, 1.165) is 24.8 Å². The number of fused-ring (bicyclic) bond motifs is 1. The fourth-order valence-corrected chi connectivity index (χ4v) is 6.02. The molecular formula is C26H23ClFN7O2S. The van der Waals surface area contributed by atoms with Crippen molar-refractivity contribution in [1.29, 1.82) is 0 Å². The van der Waals surface area contributed by atoms with Gasteiger partial charge in [0.15, 0.2) is 17.4 Å². The Morgan fingerprint density at radius 3 is 2.92 bits per heavy atom. The van der Waals surface area contributed by atoms with E-state index in [1.807, 2.05) is 6.07 Å². The lowest BCUT2D eigenvalue weighted by Gasteiger charge is -2.32. The number of rotatable bonds is 6. The van der Waals surface area contributed by atoms with E-state index in [1.54, 1.807) is 36.5 Å². The molecule has 4 heterocycles. The summed E-state index contributed by atoms with van der Waals surface area (Å²) >= 11 is 7.28. The van der Waals surface area contributed by atoms with E-state index in [9.17, 15) is 4.79 Å². The van der Waals surface area contributed by atoms with Gasteiger partial charge in [0.05, 0.1) is 33.6 Å². The molecule has 0 saturated heterocycles. The van der Waals surface area contributed by atoms with E-state index in [1.165, 1.54) is 24.8 Å². The van der Waals surface area contributed by atoms with Crippen LogP contribution in [-0.4, -0.2) is 48.8 Å². The normalized spacial score (nSPS) is 17.6. The standard InChI is InChI=1S/C26H23ClFN7O2S/c1-37-20-7-3-6-16(23(20)28)25-33-18-12-29-17(24-30-13-31-34-24)11-19(18)35(25)15-5-2-4-14(10-15)32-26(36)21-8-9-22(27)38-21/h3,6-9,11-15H,2,4-5,10H2,1H3,(H,32,36)(H,30,31,34)/t14-,15+/m0/s1. The van der Waals surface area contributed by atoms with Crippen LogP contribution in [0, 0.1) is 5.82 Å². The highest BCUT2D eigenvalue weighted by molar-refractivity contribution is 7.18. The number of aromatic amines is 1. The van der Waals surface area contributed by atoms with Crippen LogP contribution in [0.5, 0.6) is 5.75 Å². The first-order chi connectivity index (χ1) is 18.5. The highest BCUT2D eigenvalue weighted by Gasteiger charge is 2.30. The molecule has 0 bridgehead atoms. The Labute approximate surface area is 226 Å². The fraction of sp³-hybridized carbons (Fsp3) is 0.269. The fourth-order valence-electron chi connectivity index (χ4n) is 5.08. The summed E-state index contributed by atoms with van der Waals surface area (Å²) in [5, 5.41) is 10.0. The largest absolute Gasteiger partial charge is 0.494 e. The van der Waals surface area contributed by atoms with E-state index in [2.05, 4.69) is 30.0 Å². The van der Waals surface area contributed by atoms with Crippen molar-refractivity contribution < 1.29 is 13.9 Å². The van der Waals surface area contributed by atoms with Gasteiger partial charge in [0.25, 0.3) is 5.91 Å². The second kappa shape index (κ2) is 10.1. The number of pyridine rings is 1. The summed E-state index contributed by atoms with van der Waals surface area (Å²) in [5.41, 5.74) is 2.33. The molecule has 0 unspecified atom stereocenters. The van der Waals surface area contributed by atoms with Crippen LogP contribution < -0.4 is 10.1 Å². The number of amides is 1. The van der Waals surface area contributed by atoms with Crippen molar-refractivity contribution in [1.82, 2.24) is 35.0 Å². The summed E-state index contributed by atoms with van der Waals surface area (Å²) in [6, 6.07) is 10.2. The predicted octanol–water partition coefficient (Wildman–Crippen LogP) is 5.66. The van der Waals surface area contributed by atoms with Crippen molar-refractivity contribution in [3.8, 4) is 28.7 Å². The minimum absolute atomic E-state index is 0.0473. The maximum Gasteiger partial charge on any atom is 0.261 e. The SMILES string of the molecule is COc1cccc(-c2nc3cnc(-c4nc[nH]n4)cc3n2[C@@H]2CCC[C@H](NC(=O)c3ccc(Cl)s3)C2)c1F. The molecule has 1 aliphatic carbocycles. The number of methoxy groups -OCH3 is 1. The van der Waals surface area contributed by atoms with E-state index in [-0.39, 0.29) is 23.7 Å². The number of benzene rings is 1. The first kappa shape index (κ1) is 24.5. The van der Waals surface area contributed by atoms with Crippen LogP contribution in [0.2, 0.25) is 4.34 Å². The van der Waals surface area contributed by atoms with E-state index >= 15 is 4.39 Å². The summed E-state index contributed by atoms with van der Waals surface area (Å²) in [6.45, 7) is 0. The molecule has 6 rings (SSSR count). The molecule has 4 aromatic heterocycles. The number of thiophene rings is 1.